The van der Waals surface area contributed by atoms with Crippen molar-refractivity contribution in [2.75, 3.05) is 0 Å². The van der Waals surface area contributed by atoms with Crippen LogP contribution in [0.3, 0.4) is 0 Å². The molecule has 4 rings (SSSR count). The van der Waals surface area contributed by atoms with Gasteiger partial charge in [0.2, 0.25) is 5.89 Å². The number of urea groups is 1. The summed E-state index contributed by atoms with van der Waals surface area (Å²) in [5.74, 6) is -0.184. The van der Waals surface area contributed by atoms with Gasteiger partial charge in [-0.15, -0.1) is 0 Å². The second-order valence-corrected chi connectivity index (χ2v) is 10.2. The van der Waals surface area contributed by atoms with Crippen LogP contribution in [0.15, 0.2) is 47.0 Å². The first-order valence-corrected chi connectivity index (χ1v) is 11.3. The van der Waals surface area contributed by atoms with E-state index in [1.807, 2.05) is 42.5 Å². The van der Waals surface area contributed by atoms with Gasteiger partial charge >= 0.3 is 12.1 Å². The van der Waals surface area contributed by atoms with Gasteiger partial charge in [-0.3, -0.25) is 9.69 Å². The molecule has 184 valence electrons. The Morgan fingerprint density at radius 1 is 1.11 bits per heavy atom. The number of imide groups is 1. The SMILES string of the molecule is CC(C)(C)OC(=O)NC(C)(C)c1noc(CN2C(=O)N[C@@](C)(c3cccc4ccccc34)C2=O)n1. The standard InChI is InChI=1S/C25H29N5O5/c1-23(2,3)34-22(33)28-24(4,5)19-26-18(35-29-19)14-30-20(31)25(6,27-21(30)32)17-13-9-11-15-10-7-8-12-16(15)17/h7-13H,14H2,1-6H3,(H,27,32)(H,28,33)/t25-/m0/s1. The minimum Gasteiger partial charge on any atom is -0.444 e. The first-order valence-electron chi connectivity index (χ1n) is 11.3. The second-order valence-electron chi connectivity index (χ2n) is 10.2. The monoisotopic (exact) mass is 479 g/mol. The van der Waals surface area contributed by atoms with E-state index in [1.165, 1.54) is 0 Å². The lowest BCUT2D eigenvalue weighted by Crippen LogP contribution is -2.44. The molecule has 35 heavy (non-hydrogen) atoms. The van der Waals surface area contributed by atoms with E-state index in [-0.39, 0.29) is 18.3 Å². The minimum absolute atomic E-state index is 0.0599. The molecule has 10 heteroatoms. The van der Waals surface area contributed by atoms with E-state index in [2.05, 4.69) is 20.8 Å². The molecule has 0 saturated carbocycles. The van der Waals surface area contributed by atoms with Crippen LogP contribution in [-0.4, -0.2) is 38.7 Å². The molecule has 1 fully saturated rings. The zero-order valence-electron chi connectivity index (χ0n) is 20.6. The van der Waals surface area contributed by atoms with Crippen LogP contribution in [0.1, 0.15) is 58.8 Å². The van der Waals surface area contributed by atoms with Gasteiger partial charge in [-0.1, -0.05) is 47.6 Å². The molecular weight excluding hydrogens is 450 g/mol. The van der Waals surface area contributed by atoms with Crippen LogP contribution in [0.5, 0.6) is 0 Å². The fourth-order valence-electron chi connectivity index (χ4n) is 4.01. The van der Waals surface area contributed by atoms with Gasteiger partial charge in [0.1, 0.15) is 23.2 Å². The highest BCUT2D eigenvalue weighted by molar-refractivity contribution is 6.09. The van der Waals surface area contributed by atoms with Crippen LogP contribution in [0.25, 0.3) is 10.8 Å². The molecule has 2 N–H and O–H groups in total. The van der Waals surface area contributed by atoms with Gasteiger partial charge in [0.25, 0.3) is 5.91 Å². The number of amides is 4. The van der Waals surface area contributed by atoms with Crippen molar-refractivity contribution in [1.82, 2.24) is 25.7 Å². The van der Waals surface area contributed by atoms with Gasteiger partial charge in [0.15, 0.2) is 5.82 Å². The van der Waals surface area contributed by atoms with Gasteiger partial charge in [0, 0.05) is 0 Å². The van der Waals surface area contributed by atoms with Crippen molar-refractivity contribution < 1.29 is 23.6 Å². The average Bonchev–Trinajstić information content (AvgIpc) is 3.31. The number of hydrogen-bond donors (Lipinski definition) is 2. The topological polar surface area (TPSA) is 127 Å². The van der Waals surface area contributed by atoms with E-state index in [1.54, 1.807) is 41.5 Å². The van der Waals surface area contributed by atoms with Crippen LogP contribution in [0, 0.1) is 0 Å². The summed E-state index contributed by atoms with van der Waals surface area (Å²) in [5.41, 5.74) is -2.23. The lowest BCUT2D eigenvalue weighted by atomic mass is 9.88. The van der Waals surface area contributed by atoms with Gasteiger partial charge in [-0.05, 0) is 57.9 Å². The lowest BCUT2D eigenvalue weighted by Gasteiger charge is -2.26. The molecule has 3 aromatic rings. The zero-order chi connectivity index (χ0) is 25.6. The quantitative estimate of drug-likeness (QED) is 0.531. The highest BCUT2D eigenvalue weighted by Crippen LogP contribution is 2.34. The highest BCUT2D eigenvalue weighted by atomic mass is 16.6. The number of nitrogens with zero attached hydrogens (tertiary/aromatic N) is 3. The molecule has 0 aliphatic carbocycles. The fraction of sp³-hybridized carbons (Fsp3) is 0.400. The largest absolute Gasteiger partial charge is 0.444 e. The first-order chi connectivity index (χ1) is 16.3. The summed E-state index contributed by atoms with van der Waals surface area (Å²) in [6, 6.07) is 12.8. The van der Waals surface area contributed by atoms with Crippen molar-refractivity contribution in [3.8, 4) is 0 Å². The van der Waals surface area contributed by atoms with E-state index in [0.717, 1.165) is 15.7 Å². The third-order valence-corrected chi connectivity index (χ3v) is 5.74. The minimum atomic E-state index is -1.25. The third kappa shape index (κ3) is 4.68. The molecule has 1 saturated heterocycles. The number of rotatable bonds is 5. The van der Waals surface area contributed by atoms with Crippen LogP contribution >= 0.6 is 0 Å². The molecule has 0 bridgehead atoms. The summed E-state index contributed by atoms with van der Waals surface area (Å²) in [6.07, 6.45) is -0.631. The normalized spacial score (nSPS) is 18.6. The van der Waals surface area contributed by atoms with Gasteiger partial charge in [-0.2, -0.15) is 4.98 Å². The predicted octanol–water partition coefficient (Wildman–Crippen LogP) is 3.95. The number of benzene rings is 2. The Bertz CT molecular complexity index is 1300. The number of ether oxygens (including phenoxy) is 1. The molecule has 0 spiro atoms. The summed E-state index contributed by atoms with van der Waals surface area (Å²) in [6.45, 7) is 10.1. The van der Waals surface area contributed by atoms with Crippen molar-refractivity contribution in [1.29, 1.82) is 0 Å². The maximum Gasteiger partial charge on any atom is 0.408 e. The van der Waals surface area contributed by atoms with Gasteiger partial charge in [0.05, 0.1) is 0 Å². The molecule has 0 unspecified atom stereocenters. The van der Waals surface area contributed by atoms with Crippen molar-refractivity contribution in [2.45, 2.75) is 64.8 Å². The molecule has 1 aliphatic heterocycles. The maximum absolute atomic E-state index is 13.4. The zero-order valence-corrected chi connectivity index (χ0v) is 20.6. The van der Waals surface area contributed by atoms with Gasteiger partial charge < -0.3 is 19.9 Å². The van der Waals surface area contributed by atoms with Crippen molar-refractivity contribution in [3.05, 3.63) is 59.7 Å². The molecule has 1 aliphatic rings. The Morgan fingerprint density at radius 3 is 2.51 bits per heavy atom. The van der Waals surface area contributed by atoms with Crippen molar-refractivity contribution in [3.63, 3.8) is 0 Å². The molecular formula is C25H29N5O5. The van der Waals surface area contributed by atoms with E-state index >= 15 is 0 Å². The van der Waals surface area contributed by atoms with Crippen molar-refractivity contribution >= 4 is 28.8 Å². The summed E-state index contributed by atoms with van der Waals surface area (Å²) in [4.78, 5) is 43.8. The molecule has 4 amide bonds. The Morgan fingerprint density at radius 2 is 1.80 bits per heavy atom. The number of carbonyl (C=O) groups is 3. The molecule has 1 atom stereocenters. The summed E-state index contributed by atoms with van der Waals surface area (Å²) < 4.78 is 10.6. The van der Waals surface area contributed by atoms with E-state index in [0.29, 0.717) is 5.56 Å². The number of alkyl carbamates (subject to hydrolysis) is 1. The summed E-state index contributed by atoms with van der Waals surface area (Å²) in [7, 11) is 0. The molecule has 1 aromatic heterocycles. The second kappa shape index (κ2) is 8.37. The highest BCUT2D eigenvalue weighted by Gasteiger charge is 2.50. The Kier molecular flexibility index (Phi) is 5.78. The number of aromatic nitrogens is 2. The summed E-state index contributed by atoms with van der Waals surface area (Å²) >= 11 is 0. The number of carbonyl (C=O) groups excluding carboxylic acids is 3. The Labute approximate surface area is 203 Å². The lowest BCUT2D eigenvalue weighted by molar-refractivity contribution is -0.131. The smallest absolute Gasteiger partial charge is 0.408 e. The van der Waals surface area contributed by atoms with Crippen LogP contribution in [-0.2, 0) is 27.2 Å². The average molecular weight is 480 g/mol. The van der Waals surface area contributed by atoms with Crippen LogP contribution < -0.4 is 10.6 Å². The maximum atomic E-state index is 13.4. The molecule has 0 radical (unpaired) electrons. The Balaban J connectivity index is 1.53. The third-order valence-electron chi connectivity index (χ3n) is 5.74. The van der Waals surface area contributed by atoms with Crippen LogP contribution in [0.4, 0.5) is 9.59 Å². The van der Waals surface area contributed by atoms with Crippen LogP contribution in [0.2, 0.25) is 0 Å². The predicted molar refractivity (Wildman–Crippen MR) is 127 cm³/mol. The molecule has 2 aromatic carbocycles. The fourth-order valence-corrected chi connectivity index (χ4v) is 4.01. The first kappa shape index (κ1) is 24.2. The summed E-state index contributed by atoms with van der Waals surface area (Å²) in [5, 5.41) is 11.3. The van der Waals surface area contributed by atoms with Gasteiger partial charge in [-0.25, -0.2) is 9.59 Å². The van der Waals surface area contributed by atoms with E-state index < -0.39 is 34.7 Å². The Hall–Kier alpha value is -3.95. The van der Waals surface area contributed by atoms with Crippen molar-refractivity contribution in [2.24, 2.45) is 0 Å². The van der Waals surface area contributed by atoms with E-state index in [4.69, 9.17) is 9.26 Å². The van der Waals surface area contributed by atoms with E-state index in [9.17, 15) is 14.4 Å². The number of hydrogen-bond acceptors (Lipinski definition) is 7. The number of fused-ring (bicyclic) bond motifs is 1. The molecule has 10 nitrogen and oxygen atoms in total. The molecule has 2 heterocycles. The number of nitrogens with one attached hydrogen (secondary N) is 2.